The third-order valence-electron chi connectivity index (χ3n) is 5.32. The van der Waals surface area contributed by atoms with Crippen molar-refractivity contribution in [1.82, 2.24) is 9.97 Å². The molecular weight excluding hydrogens is 396 g/mol. The number of benzene rings is 1. The van der Waals surface area contributed by atoms with Gasteiger partial charge in [0.1, 0.15) is 0 Å². The number of nitrogens with zero attached hydrogens (tertiary/aromatic N) is 3. The molecule has 3 aliphatic rings. The van der Waals surface area contributed by atoms with E-state index in [0.29, 0.717) is 24.8 Å². The van der Waals surface area contributed by atoms with Gasteiger partial charge in [-0.15, -0.1) is 0 Å². The number of nitrogens with one attached hydrogen (secondary N) is 2. The summed E-state index contributed by atoms with van der Waals surface area (Å²) >= 11 is 0. The molecular formula is C17H23BN5O5P. The van der Waals surface area contributed by atoms with Gasteiger partial charge >= 0.3 is 150 Å². The molecule has 4 heterocycles. The second-order valence-corrected chi connectivity index (χ2v) is 9.73. The van der Waals surface area contributed by atoms with Crippen molar-refractivity contribution in [2.24, 2.45) is 0 Å². The number of hydrogen-bond acceptors (Lipinski definition) is 10. The van der Waals surface area contributed by atoms with E-state index in [4.69, 9.17) is 13.8 Å². The summed E-state index contributed by atoms with van der Waals surface area (Å²) in [7, 11) is -1.69. The Morgan fingerprint density at radius 3 is 2.97 bits per heavy atom. The molecule has 4 N–H and O–H groups in total. The molecule has 154 valence electrons. The minimum atomic E-state index is -3.22. The molecule has 2 aromatic rings. The SMILES string of the molecule is B[PH]1(O)OCC2OC(N3CNc4c(NCc5ccccc5)ncnc43)C(O)[C@@H]2O1. The summed E-state index contributed by atoms with van der Waals surface area (Å²) < 4.78 is 17.0. The topological polar surface area (TPSA) is 121 Å². The van der Waals surface area contributed by atoms with Crippen molar-refractivity contribution < 1.29 is 23.8 Å². The third-order valence-corrected chi connectivity index (χ3v) is 6.73. The van der Waals surface area contributed by atoms with Gasteiger partial charge < -0.3 is 0 Å². The number of hydrogen-bond donors (Lipinski definition) is 4. The zero-order valence-electron chi connectivity index (χ0n) is 15.9. The summed E-state index contributed by atoms with van der Waals surface area (Å²) in [5.41, 5.74) is 1.90. The Bertz CT molecular complexity index is 894. The second kappa shape index (κ2) is 7.35. The molecule has 0 radical (unpaired) electrons. The van der Waals surface area contributed by atoms with Crippen LogP contribution in [0.5, 0.6) is 0 Å². The van der Waals surface area contributed by atoms with E-state index >= 15 is 0 Å². The first-order valence-corrected chi connectivity index (χ1v) is 11.8. The van der Waals surface area contributed by atoms with Crippen molar-refractivity contribution in [3.8, 4) is 0 Å². The van der Waals surface area contributed by atoms with E-state index in [9.17, 15) is 10.00 Å². The molecule has 0 bridgehead atoms. The maximum atomic E-state index is 10.8. The van der Waals surface area contributed by atoms with Crippen molar-refractivity contribution in [3.63, 3.8) is 0 Å². The fraction of sp³-hybridized carbons (Fsp3) is 0.412. The van der Waals surface area contributed by atoms with Crippen molar-refractivity contribution in [2.45, 2.75) is 31.1 Å². The predicted molar refractivity (Wildman–Crippen MR) is 111 cm³/mol. The van der Waals surface area contributed by atoms with Gasteiger partial charge in [0.25, 0.3) is 0 Å². The molecule has 4 atom stereocenters. The quantitative estimate of drug-likeness (QED) is 0.392. The number of rotatable bonds is 4. The minimum absolute atomic E-state index is 0.194. The molecule has 1 aromatic carbocycles. The molecule has 0 amide bonds. The molecule has 3 aliphatic heterocycles. The van der Waals surface area contributed by atoms with Crippen molar-refractivity contribution in [1.29, 1.82) is 0 Å². The molecule has 5 rings (SSSR count). The van der Waals surface area contributed by atoms with Crippen LogP contribution >= 0.6 is 7.82 Å². The fourth-order valence-electron chi connectivity index (χ4n) is 3.90. The van der Waals surface area contributed by atoms with Gasteiger partial charge in [-0.05, 0) is 0 Å². The van der Waals surface area contributed by atoms with E-state index in [1.54, 1.807) is 0 Å². The summed E-state index contributed by atoms with van der Waals surface area (Å²) in [6.07, 6.45) is -1.19. The molecule has 10 nitrogen and oxygen atoms in total. The van der Waals surface area contributed by atoms with E-state index in [1.165, 1.54) is 13.9 Å². The predicted octanol–water partition coefficient (Wildman–Crippen LogP) is -0.185. The van der Waals surface area contributed by atoms with Gasteiger partial charge in [0.05, 0.1) is 0 Å². The first-order valence-electron chi connectivity index (χ1n) is 9.53. The molecule has 2 saturated heterocycles. The van der Waals surface area contributed by atoms with Gasteiger partial charge in [0.15, 0.2) is 0 Å². The van der Waals surface area contributed by atoms with E-state index in [1.807, 2.05) is 35.2 Å². The van der Waals surface area contributed by atoms with E-state index < -0.39 is 32.4 Å². The Balaban J connectivity index is 1.34. The zero-order chi connectivity index (χ0) is 20.0. The van der Waals surface area contributed by atoms with Gasteiger partial charge in [-0.25, -0.2) is 0 Å². The molecule has 3 unspecified atom stereocenters. The van der Waals surface area contributed by atoms with Gasteiger partial charge in [-0.2, -0.15) is 0 Å². The number of anilines is 3. The summed E-state index contributed by atoms with van der Waals surface area (Å²) in [6.45, 7) is 1.23. The van der Waals surface area contributed by atoms with Crippen LogP contribution in [0, 0.1) is 0 Å². The normalized spacial score (nSPS) is 30.9. The molecule has 29 heavy (non-hydrogen) atoms. The average molecular weight is 419 g/mol. The van der Waals surface area contributed by atoms with Crippen LogP contribution in [-0.4, -0.2) is 65.3 Å². The fourth-order valence-corrected chi connectivity index (χ4v) is 5.24. The van der Waals surface area contributed by atoms with Gasteiger partial charge in [-0.3, -0.25) is 0 Å². The van der Waals surface area contributed by atoms with Crippen LogP contribution in [0.4, 0.5) is 17.3 Å². The standard InChI is InChI=1S/C17H23BN5O5P/c18-29(25)26-7-11-14(28-29)13(24)17(27-11)23-9-22-12-15(20-8-21-16(12)23)19-6-10-4-2-1-3-5-10/h1-5,8,11,13-14,17,22,24-25,29H,6-7,9,18H2,(H,19,20,21)/t11?,13?,14-,17?/m1/s1. The van der Waals surface area contributed by atoms with E-state index in [-0.39, 0.29) is 6.61 Å². The van der Waals surface area contributed by atoms with Gasteiger partial charge in [0, 0.05) is 0 Å². The van der Waals surface area contributed by atoms with Crippen molar-refractivity contribution in [2.75, 3.05) is 28.8 Å². The number of aromatic nitrogens is 2. The molecule has 0 saturated carbocycles. The molecule has 12 heteroatoms. The van der Waals surface area contributed by atoms with Crippen LogP contribution in [0.25, 0.3) is 0 Å². The molecule has 2 fully saturated rings. The summed E-state index contributed by atoms with van der Waals surface area (Å²) in [5.74, 6) is 1.32. The molecule has 0 aliphatic carbocycles. The van der Waals surface area contributed by atoms with E-state index in [2.05, 4.69) is 20.6 Å². The van der Waals surface area contributed by atoms with Gasteiger partial charge in [-0.1, -0.05) is 18.2 Å². The number of fused-ring (bicyclic) bond motifs is 2. The first kappa shape index (κ1) is 19.0. The Labute approximate surface area is 169 Å². The maximum absolute atomic E-state index is 10.8. The Morgan fingerprint density at radius 1 is 1.31 bits per heavy atom. The monoisotopic (exact) mass is 419 g/mol. The van der Waals surface area contributed by atoms with Crippen LogP contribution in [-0.2, 0) is 20.3 Å². The number of aliphatic hydroxyl groups is 1. The number of ether oxygens (including phenoxy) is 1. The van der Waals surface area contributed by atoms with E-state index in [0.717, 1.165) is 11.3 Å². The third kappa shape index (κ3) is 3.54. The number of aliphatic hydroxyl groups excluding tert-OH is 1. The van der Waals surface area contributed by atoms with Crippen LogP contribution in [0.2, 0.25) is 0 Å². The molecule has 0 spiro atoms. The molecule has 1 aromatic heterocycles. The Morgan fingerprint density at radius 2 is 2.14 bits per heavy atom. The van der Waals surface area contributed by atoms with Crippen molar-refractivity contribution >= 4 is 32.7 Å². The first-order chi connectivity index (χ1) is 14.0. The Hall–Kier alpha value is -2.01. The summed E-state index contributed by atoms with van der Waals surface area (Å²) in [4.78, 5) is 20.7. The van der Waals surface area contributed by atoms with Crippen LogP contribution in [0.1, 0.15) is 5.56 Å². The second-order valence-electron chi connectivity index (χ2n) is 7.41. The van der Waals surface area contributed by atoms with Crippen molar-refractivity contribution in [3.05, 3.63) is 42.2 Å². The van der Waals surface area contributed by atoms with Crippen LogP contribution < -0.4 is 15.5 Å². The Kier molecular flexibility index (Phi) is 4.81. The summed E-state index contributed by atoms with van der Waals surface area (Å²) in [5, 5.41) is 17.4. The summed E-state index contributed by atoms with van der Waals surface area (Å²) in [6, 6.07) is 10.0. The van der Waals surface area contributed by atoms with Crippen LogP contribution in [0.3, 0.4) is 0 Å². The zero-order valence-corrected chi connectivity index (χ0v) is 16.9. The van der Waals surface area contributed by atoms with Crippen LogP contribution in [0.15, 0.2) is 36.7 Å². The van der Waals surface area contributed by atoms with Gasteiger partial charge in [0.2, 0.25) is 0 Å². The average Bonchev–Trinajstić information content (AvgIpc) is 3.28.